The third kappa shape index (κ3) is 1.88. The van der Waals surface area contributed by atoms with E-state index < -0.39 is 17.3 Å². The second-order valence-corrected chi connectivity index (χ2v) is 3.90. The third-order valence-corrected chi connectivity index (χ3v) is 2.93. The molecule has 0 bridgehead atoms. The summed E-state index contributed by atoms with van der Waals surface area (Å²) < 4.78 is -0.623. The first-order chi connectivity index (χ1) is 8.71. The van der Waals surface area contributed by atoms with Gasteiger partial charge in [-0.3, -0.25) is 0 Å². The van der Waals surface area contributed by atoms with Crippen molar-refractivity contribution >= 4 is 17.5 Å². The number of carboxylic acid groups (broad SMARTS) is 1. The minimum absolute atomic E-state index is 0.513. The Morgan fingerprint density at radius 1 is 0.889 bits per heavy atom. The number of aliphatic hydroxyl groups excluding tert-OH is 1. The van der Waals surface area contributed by atoms with Gasteiger partial charge in [0.1, 0.15) is 11.4 Å². The van der Waals surface area contributed by atoms with Gasteiger partial charge in [-0.2, -0.15) is 4.79 Å². The molecule has 0 atom stereocenters. The molecule has 0 aromatic heterocycles. The smallest absolute Gasteiger partial charge is 0.435 e. The number of aliphatic hydroxyl groups is 1. The van der Waals surface area contributed by atoms with E-state index in [2.05, 4.69) is 0 Å². The van der Waals surface area contributed by atoms with E-state index in [-0.39, 0.29) is 0 Å². The molecule has 92 valence electrons. The molecule has 18 heavy (non-hydrogen) atoms. The van der Waals surface area contributed by atoms with Crippen molar-refractivity contribution in [2.24, 2.45) is 0 Å². The molecule has 4 nitrogen and oxygen atoms in total. The van der Waals surface area contributed by atoms with Crippen molar-refractivity contribution < 1.29 is 15.0 Å². The first-order valence-corrected chi connectivity index (χ1v) is 5.55. The molecule has 2 aromatic rings. The van der Waals surface area contributed by atoms with Gasteiger partial charge in [-0.15, -0.1) is 4.48 Å². The van der Waals surface area contributed by atoms with Crippen molar-refractivity contribution in [2.45, 2.75) is 0 Å². The zero-order chi connectivity index (χ0) is 13.0. The zero-order valence-electron chi connectivity index (χ0n) is 9.73. The topological polar surface area (TPSA) is 57.5 Å². The summed E-state index contributed by atoms with van der Waals surface area (Å²) in [6.45, 7) is -0.538. The fourth-order valence-corrected chi connectivity index (χ4v) is 1.96. The Labute approximate surface area is 105 Å². The number of rotatable bonds is 3. The average Bonchev–Trinajstić information content (AvgIpc) is 2.42. The van der Waals surface area contributed by atoms with E-state index >= 15 is 0 Å². The minimum Gasteiger partial charge on any atom is -0.435 e. The van der Waals surface area contributed by atoms with Gasteiger partial charge in [-0.05, 0) is 0 Å². The molecule has 1 amide bonds. The molecule has 0 fully saturated rings. The molecule has 0 radical (unpaired) electrons. The highest BCUT2D eigenvalue weighted by molar-refractivity contribution is 5.88. The summed E-state index contributed by atoms with van der Waals surface area (Å²) in [5.41, 5.74) is 1.03. The monoisotopic (exact) mass is 244 g/mol. The molecular formula is C14H14NO3+. The highest BCUT2D eigenvalue weighted by atomic mass is 16.4. The average molecular weight is 244 g/mol. The van der Waals surface area contributed by atoms with Crippen LogP contribution in [0.15, 0.2) is 60.7 Å². The number of hydrogen-bond donors (Lipinski definition) is 2. The summed E-state index contributed by atoms with van der Waals surface area (Å²) in [7, 11) is 0. The summed E-state index contributed by atoms with van der Waals surface area (Å²) in [6.07, 6.45) is -1.12. The van der Waals surface area contributed by atoms with Crippen LogP contribution in [0.5, 0.6) is 0 Å². The molecule has 2 rings (SSSR count). The van der Waals surface area contributed by atoms with Crippen molar-refractivity contribution in [2.75, 3.05) is 6.73 Å². The van der Waals surface area contributed by atoms with Crippen molar-refractivity contribution in [1.29, 1.82) is 0 Å². The van der Waals surface area contributed by atoms with Crippen LogP contribution in [0.4, 0.5) is 16.2 Å². The quantitative estimate of drug-likeness (QED) is 0.644. The molecular weight excluding hydrogens is 230 g/mol. The lowest BCUT2D eigenvalue weighted by molar-refractivity contribution is 0.121. The Balaban J connectivity index is 2.65. The van der Waals surface area contributed by atoms with Gasteiger partial charge in [-0.1, -0.05) is 36.4 Å². The van der Waals surface area contributed by atoms with Crippen LogP contribution in [0.2, 0.25) is 0 Å². The predicted molar refractivity (Wildman–Crippen MR) is 69.4 cm³/mol. The number of quaternary nitrogens is 1. The lowest BCUT2D eigenvalue weighted by Gasteiger charge is -2.29. The lowest BCUT2D eigenvalue weighted by atomic mass is 10.2. The maximum Gasteiger partial charge on any atom is 0.525 e. The Kier molecular flexibility index (Phi) is 3.41. The van der Waals surface area contributed by atoms with Crippen LogP contribution in [0.3, 0.4) is 0 Å². The van der Waals surface area contributed by atoms with Crippen molar-refractivity contribution in [3.8, 4) is 0 Å². The van der Waals surface area contributed by atoms with Crippen LogP contribution >= 0.6 is 0 Å². The SMILES string of the molecule is O=C(O)[N+](CO)(c1ccccc1)c1ccccc1. The van der Waals surface area contributed by atoms with Gasteiger partial charge < -0.3 is 10.2 Å². The maximum atomic E-state index is 11.7. The molecule has 0 spiro atoms. The van der Waals surface area contributed by atoms with Crippen LogP contribution < -0.4 is 4.48 Å². The molecule has 0 saturated carbocycles. The molecule has 4 heteroatoms. The number of para-hydroxylation sites is 2. The van der Waals surface area contributed by atoms with Crippen LogP contribution in [-0.2, 0) is 0 Å². The predicted octanol–water partition coefficient (Wildman–Crippen LogP) is 2.95. The summed E-state index contributed by atoms with van der Waals surface area (Å²) in [6, 6.07) is 17.4. The van der Waals surface area contributed by atoms with E-state index in [9.17, 15) is 15.0 Å². The van der Waals surface area contributed by atoms with E-state index in [1.54, 1.807) is 48.5 Å². The largest absolute Gasteiger partial charge is 0.525 e. The fourth-order valence-electron chi connectivity index (χ4n) is 1.96. The van der Waals surface area contributed by atoms with Crippen LogP contribution in [0.1, 0.15) is 0 Å². The highest BCUT2D eigenvalue weighted by Gasteiger charge is 2.41. The van der Waals surface area contributed by atoms with E-state index in [1.807, 2.05) is 12.1 Å². The Bertz CT molecular complexity index is 486. The van der Waals surface area contributed by atoms with Gasteiger partial charge in [0.15, 0.2) is 6.73 Å². The van der Waals surface area contributed by atoms with E-state index in [4.69, 9.17) is 0 Å². The molecule has 0 aliphatic carbocycles. The van der Waals surface area contributed by atoms with Gasteiger partial charge in [0, 0.05) is 24.3 Å². The second kappa shape index (κ2) is 5.00. The third-order valence-electron chi connectivity index (χ3n) is 2.93. The number of nitrogens with zero attached hydrogens (tertiary/aromatic N) is 1. The summed E-state index contributed by atoms with van der Waals surface area (Å²) in [5.74, 6) is 0. The summed E-state index contributed by atoms with van der Waals surface area (Å²) in [5, 5.41) is 19.2. The molecule has 0 unspecified atom stereocenters. The normalized spacial score (nSPS) is 11.2. The molecule has 0 aliphatic rings. The zero-order valence-corrected chi connectivity index (χ0v) is 9.73. The number of hydrogen-bond acceptors (Lipinski definition) is 2. The van der Waals surface area contributed by atoms with Crippen LogP contribution in [-0.4, -0.2) is 23.0 Å². The molecule has 0 heterocycles. The molecule has 0 aliphatic heterocycles. The lowest BCUT2D eigenvalue weighted by Crippen LogP contribution is -2.49. The van der Waals surface area contributed by atoms with Crippen LogP contribution in [0, 0.1) is 0 Å². The Morgan fingerprint density at radius 3 is 1.56 bits per heavy atom. The van der Waals surface area contributed by atoms with E-state index in [0.717, 1.165) is 0 Å². The highest BCUT2D eigenvalue weighted by Crippen LogP contribution is 2.33. The number of carbonyl (C=O) groups is 1. The number of benzene rings is 2. The van der Waals surface area contributed by atoms with Gasteiger partial charge in [-0.25, -0.2) is 0 Å². The Morgan fingerprint density at radius 2 is 1.28 bits per heavy atom. The van der Waals surface area contributed by atoms with E-state index in [1.165, 1.54) is 0 Å². The van der Waals surface area contributed by atoms with Crippen molar-refractivity contribution in [1.82, 2.24) is 4.48 Å². The first-order valence-electron chi connectivity index (χ1n) is 5.55. The maximum absolute atomic E-state index is 11.7. The van der Waals surface area contributed by atoms with Crippen molar-refractivity contribution in [3.05, 3.63) is 60.7 Å². The molecule has 0 saturated heterocycles. The summed E-state index contributed by atoms with van der Waals surface area (Å²) >= 11 is 0. The Hall–Kier alpha value is -2.17. The molecule has 2 N–H and O–H groups in total. The van der Waals surface area contributed by atoms with E-state index in [0.29, 0.717) is 11.4 Å². The summed E-state index contributed by atoms with van der Waals surface area (Å²) in [4.78, 5) is 11.7. The van der Waals surface area contributed by atoms with Gasteiger partial charge in [0.2, 0.25) is 0 Å². The van der Waals surface area contributed by atoms with Crippen LogP contribution in [0.25, 0.3) is 0 Å². The second-order valence-electron chi connectivity index (χ2n) is 3.90. The standard InChI is InChI=1S/C14H13NO3/c16-11-15(14(17)18,12-7-3-1-4-8-12)13-9-5-2-6-10-13/h1-10,16H,11H2/p+1. The van der Waals surface area contributed by atoms with Gasteiger partial charge in [0.25, 0.3) is 0 Å². The fraction of sp³-hybridized carbons (Fsp3) is 0.0714. The first kappa shape index (κ1) is 12.3. The molecule has 2 aromatic carbocycles. The van der Waals surface area contributed by atoms with Crippen molar-refractivity contribution in [3.63, 3.8) is 0 Å². The van der Waals surface area contributed by atoms with Gasteiger partial charge >= 0.3 is 6.09 Å². The minimum atomic E-state index is -1.12. The van der Waals surface area contributed by atoms with Gasteiger partial charge in [0.05, 0.1) is 0 Å². The number of amides is 1.